The fourth-order valence-electron chi connectivity index (χ4n) is 3.05. The molecule has 1 N–H and O–H groups in total. The van der Waals surface area contributed by atoms with E-state index in [1.54, 1.807) is 0 Å². The molecule has 2 aromatic heterocycles. The van der Waals surface area contributed by atoms with E-state index in [9.17, 15) is 0 Å². The van der Waals surface area contributed by atoms with Crippen LogP contribution in [-0.4, -0.2) is 15.4 Å². The van der Waals surface area contributed by atoms with Gasteiger partial charge in [-0.2, -0.15) is 5.10 Å². The monoisotopic (exact) mass is 303 g/mol. The molecule has 0 saturated carbocycles. The number of hydrogen-bond acceptors (Lipinski definition) is 3. The molecule has 0 atom stereocenters. The number of H-pyrrole nitrogens is 1. The first kappa shape index (κ1) is 13.8. The van der Waals surface area contributed by atoms with Gasteiger partial charge in [0.15, 0.2) is 0 Å². The summed E-state index contributed by atoms with van der Waals surface area (Å²) >= 11 is 0. The highest BCUT2D eigenvalue weighted by Gasteiger charge is 2.14. The highest BCUT2D eigenvalue weighted by molar-refractivity contribution is 5.87. The SMILES string of the molecule is Cc1noc(C)c1-c1ccc2n[nH]c(Cc3ccccc3)c2c1. The van der Waals surface area contributed by atoms with Gasteiger partial charge in [0, 0.05) is 23.1 Å². The van der Waals surface area contributed by atoms with E-state index < -0.39 is 0 Å². The van der Waals surface area contributed by atoms with Gasteiger partial charge < -0.3 is 4.52 Å². The Balaban J connectivity index is 1.80. The number of nitrogens with zero attached hydrogens (tertiary/aromatic N) is 2. The average Bonchev–Trinajstić information content (AvgIpc) is 3.12. The van der Waals surface area contributed by atoms with Gasteiger partial charge in [-0.3, -0.25) is 5.10 Å². The standard InChI is InChI=1S/C19H17N3O/c1-12-19(13(2)23-22-12)15-8-9-17-16(11-15)18(21-20-17)10-14-6-4-3-5-7-14/h3-9,11H,10H2,1-2H3,(H,20,21). The van der Waals surface area contributed by atoms with Crippen molar-refractivity contribution in [3.63, 3.8) is 0 Å². The topological polar surface area (TPSA) is 54.7 Å². The molecule has 0 bridgehead atoms. The van der Waals surface area contributed by atoms with Crippen LogP contribution < -0.4 is 0 Å². The van der Waals surface area contributed by atoms with Crippen LogP contribution in [0.5, 0.6) is 0 Å². The van der Waals surface area contributed by atoms with Gasteiger partial charge in [-0.05, 0) is 37.1 Å². The van der Waals surface area contributed by atoms with Crippen molar-refractivity contribution >= 4 is 10.9 Å². The van der Waals surface area contributed by atoms with Crippen LogP contribution in [0.1, 0.15) is 22.7 Å². The summed E-state index contributed by atoms with van der Waals surface area (Å²) in [6, 6.07) is 16.7. The molecule has 2 aromatic carbocycles. The molecule has 0 radical (unpaired) electrons. The van der Waals surface area contributed by atoms with E-state index in [0.29, 0.717) is 0 Å². The summed E-state index contributed by atoms with van der Waals surface area (Å²) in [5.41, 5.74) is 6.46. The fourth-order valence-corrected chi connectivity index (χ4v) is 3.05. The van der Waals surface area contributed by atoms with Crippen molar-refractivity contribution < 1.29 is 4.52 Å². The van der Waals surface area contributed by atoms with E-state index in [2.05, 4.69) is 51.8 Å². The second-order valence-corrected chi connectivity index (χ2v) is 5.80. The number of aromatic nitrogens is 3. The molecule has 4 aromatic rings. The Labute approximate surface area is 134 Å². The Morgan fingerprint density at radius 3 is 2.61 bits per heavy atom. The number of benzene rings is 2. The summed E-state index contributed by atoms with van der Waals surface area (Å²) in [5, 5.41) is 12.8. The predicted molar refractivity (Wildman–Crippen MR) is 90.3 cm³/mol. The van der Waals surface area contributed by atoms with Gasteiger partial charge in [-0.15, -0.1) is 0 Å². The van der Waals surface area contributed by atoms with Gasteiger partial charge in [0.1, 0.15) is 5.76 Å². The smallest absolute Gasteiger partial charge is 0.141 e. The second-order valence-electron chi connectivity index (χ2n) is 5.80. The summed E-state index contributed by atoms with van der Waals surface area (Å²) < 4.78 is 5.30. The van der Waals surface area contributed by atoms with Crippen LogP contribution in [0.3, 0.4) is 0 Å². The van der Waals surface area contributed by atoms with Crippen LogP contribution in [0.2, 0.25) is 0 Å². The summed E-state index contributed by atoms with van der Waals surface area (Å²) in [7, 11) is 0. The van der Waals surface area contributed by atoms with Crippen LogP contribution in [0, 0.1) is 13.8 Å². The van der Waals surface area contributed by atoms with Crippen LogP contribution in [0.15, 0.2) is 53.1 Å². The summed E-state index contributed by atoms with van der Waals surface area (Å²) in [4.78, 5) is 0. The van der Waals surface area contributed by atoms with Crippen LogP contribution in [0.25, 0.3) is 22.0 Å². The first-order valence-corrected chi connectivity index (χ1v) is 7.66. The van der Waals surface area contributed by atoms with E-state index in [0.717, 1.165) is 45.6 Å². The summed E-state index contributed by atoms with van der Waals surface area (Å²) in [6.45, 7) is 3.91. The molecule has 0 fully saturated rings. The van der Waals surface area contributed by atoms with Crippen molar-refractivity contribution in [3.05, 3.63) is 71.2 Å². The number of fused-ring (bicyclic) bond motifs is 1. The third-order valence-corrected chi connectivity index (χ3v) is 4.18. The average molecular weight is 303 g/mol. The van der Waals surface area contributed by atoms with E-state index in [1.807, 2.05) is 26.0 Å². The first-order chi connectivity index (χ1) is 11.2. The van der Waals surface area contributed by atoms with Crippen molar-refractivity contribution in [2.24, 2.45) is 0 Å². The summed E-state index contributed by atoms with van der Waals surface area (Å²) in [5.74, 6) is 0.843. The zero-order valence-electron chi connectivity index (χ0n) is 13.1. The molecule has 4 heteroatoms. The Hall–Kier alpha value is -2.88. The number of hydrogen-bond donors (Lipinski definition) is 1. The molecule has 114 valence electrons. The molecular weight excluding hydrogens is 286 g/mol. The first-order valence-electron chi connectivity index (χ1n) is 7.66. The second kappa shape index (κ2) is 5.39. The molecule has 0 saturated heterocycles. The zero-order chi connectivity index (χ0) is 15.8. The molecule has 0 aliphatic heterocycles. The van der Waals surface area contributed by atoms with Gasteiger partial charge in [-0.1, -0.05) is 41.6 Å². The van der Waals surface area contributed by atoms with Gasteiger partial charge in [0.05, 0.1) is 11.2 Å². The number of rotatable bonds is 3. The molecule has 0 aliphatic carbocycles. The number of nitrogens with one attached hydrogen (secondary N) is 1. The lowest BCUT2D eigenvalue weighted by Gasteiger charge is -2.03. The molecular formula is C19H17N3O. The third kappa shape index (κ3) is 2.42. The highest BCUT2D eigenvalue weighted by atomic mass is 16.5. The van der Waals surface area contributed by atoms with E-state index in [1.165, 1.54) is 5.56 Å². The quantitative estimate of drug-likeness (QED) is 0.609. The Morgan fingerprint density at radius 2 is 1.87 bits per heavy atom. The molecule has 23 heavy (non-hydrogen) atoms. The number of aromatic amines is 1. The summed E-state index contributed by atoms with van der Waals surface area (Å²) in [6.07, 6.45) is 0.836. The van der Waals surface area contributed by atoms with Crippen molar-refractivity contribution in [3.8, 4) is 11.1 Å². The Kier molecular flexibility index (Phi) is 3.23. The molecule has 0 unspecified atom stereocenters. The van der Waals surface area contributed by atoms with Gasteiger partial charge in [0.25, 0.3) is 0 Å². The normalized spacial score (nSPS) is 11.2. The minimum absolute atomic E-state index is 0.836. The van der Waals surface area contributed by atoms with Crippen molar-refractivity contribution in [2.75, 3.05) is 0 Å². The van der Waals surface area contributed by atoms with Crippen LogP contribution in [-0.2, 0) is 6.42 Å². The van der Waals surface area contributed by atoms with Gasteiger partial charge in [-0.25, -0.2) is 0 Å². The maximum atomic E-state index is 5.30. The van der Waals surface area contributed by atoms with Crippen molar-refractivity contribution in [1.29, 1.82) is 0 Å². The molecule has 4 nitrogen and oxygen atoms in total. The highest BCUT2D eigenvalue weighted by Crippen LogP contribution is 2.30. The predicted octanol–water partition coefficient (Wildman–Crippen LogP) is 4.43. The lowest BCUT2D eigenvalue weighted by molar-refractivity contribution is 0.393. The maximum Gasteiger partial charge on any atom is 0.141 e. The van der Waals surface area contributed by atoms with Crippen LogP contribution >= 0.6 is 0 Å². The molecule has 0 aliphatic rings. The minimum atomic E-state index is 0.836. The molecule has 0 amide bonds. The lowest BCUT2D eigenvalue weighted by atomic mass is 10.0. The molecule has 4 rings (SSSR count). The van der Waals surface area contributed by atoms with Crippen LogP contribution in [0.4, 0.5) is 0 Å². The maximum absolute atomic E-state index is 5.30. The van der Waals surface area contributed by atoms with Gasteiger partial charge >= 0.3 is 0 Å². The largest absolute Gasteiger partial charge is 0.361 e. The molecule has 0 spiro atoms. The molecule has 2 heterocycles. The van der Waals surface area contributed by atoms with E-state index >= 15 is 0 Å². The lowest BCUT2D eigenvalue weighted by Crippen LogP contribution is -1.89. The van der Waals surface area contributed by atoms with Crippen molar-refractivity contribution in [2.45, 2.75) is 20.3 Å². The van der Waals surface area contributed by atoms with E-state index in [4.69, 9.17) is 4.52 Å². The fraction of sp³-hybridized carbons (Fsp3) is 0.158. The van der Waals surface area contributed by atoms with E-state index in [-0.39, 0.29) is 0 Å². The zero-order valence-corrected chi connectivity index (χ0v) is 13.1. The number of aryl methyl sites for hydroxylation is 2. The van der Waals surface area contributed by atoms with Crippen molar-refractivity contribution in [1.82, 2.24) is 15.4 Å². The Bertz CT molecular complexity index is 947. The van der Waals surface area contributed by atoms with Gasteiger partial charge in [0.2, 0.25) is 0 Å². The third-order valence-electron chi connectivity index (χ3n) is 4.18. The Morgan fingerprint density at radius 1 is 1.04 bits per heavy atom. The minimum Gasteiger partial charge on any atom is -0.361 e.